The first kappa shape index (κ1) is 13.8. The first-order chi connectivity index (χ1) is 8.06. The maximum Gasteiger partial charge on any atom is 0.123 e. The van der Waals surface area contributed by atoms with Crippen LogP contribution in [0.3, 0.4) is 0 Å². The van der Waals surface area contributed by atoms with Crippen molar-refractivity contribution < 1.29 is 9.47 Å². The van der Waals surface area contributed by atoms with E-state index in [1.54, 1.807) is 13.2 Å². The van der Waals surface area contributed by atoms with Gasteiger partial charge in [0.2, 0.25) is 0 Å². The van der Waals surface area contributed by atoms with Crippen LogP contribution in [0.5, 0.6) is 11.5 Å². The van der Waals surface area contributed by atoms with E-state index in [2.05, 4.69) is 13.8 Å². The normalized spacial score (nSPS) is 11.9. The zero-order valence-electron chi connectivity index (χ0n) is 10.5. The molecular formula is C13H19NO2S. The van der Waals surface area contributed by atoms with Crippen molar-refractivity contribution in [3.8, 4) is 11.5 Å². The molecule has 0 amide bonds. The number of hydrogen-bond acceptors (Lipinski definition) is 3. The molecule has 1 unspecified atom stereocenters. The summed E-state index contributed by atoms with van der Waals surface area (Å²) in [6.07, 6.45) is 1.09. The lowest BCUT2D eigenvalue weighted by atomic mass is 10.1. The van der Waals surface area contributed by atoms with Crippen molar-refractivity contribution >= 4 is 17.2 Å². The average molecular weight is 253 g/mol. The van der Waals surface area contributed by atoms with Crippen LogP contribution in [-0.4, -0.2) is 18.7 Å². The zero-order valence-corrected chi connectivity index (χ0v) is 11.3. The summed E-state index contributed by atoms with van der Waals surface area (Å²) in [6, 6.07) is 5.48. The molecule has 1 aromatic carbocycles. The summed E-state index contributed by atoms with van der Waals surface area (Å²) in [5.41, 5.74) is 6.37. The smallest absolute Gasteiger partial charge is 0.123 e. The van der Waals surface area contributed by atoms with Crippen molar-refractivity contribution in [3.63, 3.8) is 0 Å². The first-order valence-corrected chi connectivity index (χ1v) is 6.09. The van der Waals surface area contributed by atoms with Gasteiger partial charge in [-0.2, -0.15) is 0 Å². The predicted molar refractivity (Wildman–Crippen MR) is 73.8 cm³/mol. The number of nitrogens with two attached hydrogens (primary N) is 1. The summed E-state index contributed by atoms with van der Waals surface area (Å²) in [6.45, 7) is 4.97. The highest BCUT2D eigenvalue weighted by Gasteiger charge is 2.06. The lowest BCUT2D eigenvalue weighted by Gasteiger charge is -2.13. The van der Waals surface area contributed by atoms with Gasteiger partial charge in [0.1, 0.15) is 16.5 Å². The summed E-state index contributed by atoms with van der Waals surface area (Å²) in [5, 5.41) is 0. The third-order valence-electron chi connectivity index (χ3n) is 2.63. The Bertz CT molecular complexity index is 393. The van der Waals surface area contributed by atoms with Gasteiger partial charge in [-0.25, -0.2) is 0 Å². The molecule has 0 aromatic heterocycles. The van der Waals surface area contributed by atoms with Gasteiger partial charge in [0.15, 0.2) is 0 Å². The number of thiocarbonyl (C=S) groups is 1. The van der Waals surface area contributed by atoms with Crippen LogP contribution in [0, 0.1) is 5.92 Å². The van der Waals surface area contributed by atoms with Crippen molar-refractivity contribution in [2.24, 2.45) is 11.7 Å². The molecule has 0 spiro atoms. The first-order valence-electron chi connectivity index (χ1n) is 5.68. The summed E-state index contributed by atoms with van der Waals surface area (Å²) in [5.74, 6) is 1.97. The van der Waals surface area contributed by atoms with Crippen molar-refractivity contribution in [2.45, 2.75) is 20.3 Å². The largest absolute Gasteiger partial charge is 0.497 e. The van der Waals surface area contributed by atoms with Crippen LogP contribution in [0.4, 0.5) is 0 Å². The van der Waals surface area contributed by atoms with Crippen LogP contribution < -0.4 is 15.2 Å². The molecule has 94 valence electrons. The summed E-state index contributed by atoms with van der Waals surface area (Å²) in [4.78, 5) is 0.345. The van der Waals surface area contributed by atoms with Crippen molar-refractivity contribution in [3.05, 3.63) is 23.8 Å². The minimum Gasteiger partial charge on any atom is -0.497 e. The molecule has 1 atom stereocenters. The zero-order chi connectivity index (χ0) is 12.8. The summed E-state index contributed by atoms with van der Waals surface area (Å²) in [7, 11) is 1.61. The Morgan fingerprint density at radius 1 is 1.35 bits per heavy atom. The van der Waals surface area contributed by atoms with E-state index in [-0.39, 0.29) is 0 Å². The highest BCUT2D eigenvalue weighted by atomic mass is 32.1. The van der Waals surface area contributed by atoms with Crippen LogP contribution in [0.2, 0.25) is 0 Å². The maximum atomic E-state index is 5.70. The second-order valence-electron chi connectivity index (χ2n) is 4.09. The molecule has 0 saturated carbocycles. The molecular weight excluding hydrogens is 234 g/mol. The van der Waals surface area contributed by atoms with Gasteiger partial charge in [-0.05, 0) is 18.1 Å². The van der Waals surface area contributed by atoms with Crippen LogP contribution in [0.25, 0.3) is 0 Å². The third kappa shape index (κ3) is 4.23. The molecule has 3 nitrogen and oxygen atoms in total. The summed E-state index contributed by atoms with van der Waals surface area (Å²) < 4.78 is 10.9. The molecule has 0 aliphatic carbocycles. The Hall–Kier alpha value is -1.29. The quantitative estimate of drug-likeness (QED) is 0.792. The van der Waals surface area contributed by atoms with Gasteiger partial charge in [-0.3, -0.25) is 0 Å². The molecule has 0 aliphatic heterocycles. The molecule has 1 rings (SSSR count). The predicted octanol–water partition coefficient (Wildman–Crippen LogP) is 2.75. The monoisotopic (exact) mass is 253 g/mol. The van der Waals surface area contributed by atoms with Gasteiger partial charge in [-0.1, -0.05) is 32.5 Å². The van der Waals surface area contributed by atoms with Crippen LogP contribution >= 0.6 is 12.2 Å². The molecule has 0 fully saturated rings. The minimum atomic E-state index is 0.345. The lowest BCUT2D eigenvalue weighted by Crippen LogP contribution is -2.11. The van der Waals surface area contributed by atoms with E-state index in [9.17, 15) is 0 Å². The fourth-order valence-electron chi connectivity index (χ4n) is 1.27. The Kier molecular flexibility index (Phi) is 5.22. The topological polar surface area (TPSA) is 44.5 Å². The molecule has 0 aliphatic rings. The second-order valence-corrected chi connectivity index (χ2v) is 4.53. The van der Waals surface area contributed by atoms with Crippen LogP contribution in [-0.2, 0) is 0 Å². The highest BCUT2D eigenvalue weighted by Crippen LogP contribution is 2.23. The molecule has 0 saturated heterocycles. The summed E-state index contributed by atoms with van der Waals surface area (Å²) >= 11 is 4.95. The van der Waals surface area contributed by atoms with Gasteiger partial charge in [-0.15, -0.1) is 0 Å². The van der Waals surface area contributed by atoms with Gasteiger partial charge in [0, 0.05) is 11.6 Å². The standard InChI is InChI=1S/C13H19NO2S/c1-4-9(2)8-16-12-6-10(13(14)17)5-11(7-12)15-3/h5-7,9H,4,8H2,1-3H3,(H2,14,17). The van der Waals surface area contributed by atoms with E-state index in [1.807, 2.05) is 12.1 Å². The van der Waals surface area contributed by atoms with E-state index in [0.29, 0.717) is 23.3 Å². The van der Waals surface area contributed by atoms with Crippen molar-refractivity contribution in [1.82, 2.24) is 0 Å². The van der Waals surface area contributed by atoms with Crippen molar-refractivity contribution in [1.29, 1.82) is 0 Å². The van der Waals surface area contributed by atoms with Crippen molar-refractivity contribution in [2.75, 3.05) is 13.7 Å². The second kappa shape index (κ2) is 6.45. The molecule has 2 N–H and O–H groups in total. The van der Waals surface area contributed by atoms with Gasteiger partial charge in [0.05, 0.1) is 13.7 Å². The molecule has 1 aromatic rings. The number of methoxy groups -OCH3 is 1. The molecule has 4 heteroatoms. The van der Waals surface area contributed by atoms with Crippen LogP contribution in [0.15, 0.2) is 18.2 Å². The van der Waals surface area contributed by atoms with E-state index >= 15 is 0 Å². The third-order valence-corrected chi connectivity index (χ3v) is 2.87. The van der Waals surface area contributed by atoms with E-state index in [1.165, 1.54) is 0 Å². The Morgan fingerprint density at radius 3 is 2.53 bits per heavy atom. The molecule has 0 bridgehead atoms. The number of ether oxygens (including phenoxy) is 2. The average Bonchev–Trinajstić information content (AvgIpc) is 2.35. The number of benzene rings is 1. The van der Waals surface area contributed by atoms with Gasteiger partial charge in [0.25, 0.3) is 0 Å². The Balaban J connectivity index is 2.83. The van der Waals surface area contributed by atoms with E-state index in [4.69, 9.17) is 27.4 Å². The fourth-order valence-corrected chi connectivity index (χ4v) is 1.39. The maximum absolute atomic E-state index is 5.70. The minimum absolute atomic E-state index is 0.345. The number of hydrogen-bond donors (Lipinski definition) is 1. The number of rotatable bonds is 6. The van der Waals surface area contributed by atoms with E-state index < -0.39 is 0 Å². The molecule has 17 heavy (non-hydrogen) atoms. The fraction of sp³-hybridized carbons (Fsp3) is 0.462. The Labute approximate surface area is 108 Å². The molecule has 0 heterocycles. The van der Waals surface area contributed by atoms with Gasteiger partial charge >= 0.3 is 0 Å². The van der Waals surface area contributed by atoms with Crippen LogP contribution in [0.1, 0.15) is 25.8 Å². The lowest BCUT2D eigenvalue weighted by molar-refractivity contribution is 0.255. The van der Waals surface area contributed by atoms with Gasteiger partial charge < -0.3 is 15.2 Å². The Morgan fingerprint density at radius 2 is 2.00 bits per heavy atom. The highest BCUT2D eigenvalue weighted by molar-refractivity contribution is 7.80. The molecule has 0 radical (unpaired) electrons. The van der Waals surface area contributed by atoms with E-state index in [0.717, 1.165) is 17.7 Å². The SMILES string of the molecule is CCC(C)COc1cc(OC)cc(C(N)=S)c1.